The average Bonchev–Trinajstić information content (AvgIpc) is 2.46. The molecule has 1 aromatic rings. The molecule has 1 aliphatic rings. The van der Waals surface area contributed by atoms with E-state index in [9.17, 15) is 9.90 Å². The van der Waals surface area contributed by atoms with Gasteiger partial charge in [-0.3, -0.25) is 0 Å². The topological polar surface area (TPSA) is 59.0 Å². The zero-order valence-corrected chi connectivity index (χ0v) is 13.8. The fourth-order valence-electron chi connectivity index (χ4n) is 2.67. The number of phenols is 1. The second-order valence-electron chi connectivity index (χ2n) is 6.67. The molecule has 1 saturated heterocycles. The summed E-state index contributed by atoms with van der Waals surface area (Å²) in [5.41, 5.74) is 0.677. The van der Waals surface area contributed by atoms with Crippen molar-refractivity contribution in [3.8, 4) is 11.5 Å². The Morgan fingerprint density at radius 3 is 2.45 bits per heavy atom. The van der Waals surface area contributed by atoms with E-state index in [1.807, 2.05) is 32.9 Å². The maximum absolute atomic E-state index is 12.1. The minimum Gasteiger partial charge on any atom is -0.504 e. The van der Waals surface area contributed by atoms with Crippen molar-refractivity contribution >= 4 is 6.09 Å². The quantitative estimate of drug-likeness (QED) is 0.908. The van der Waals surface area contributed by atoms with Crippen LogP contribution in [0.3, 0.4) is 0 Å². The third-order valence-corrected chi connectivity index (χ3v) is 3.82. The smallest absolute Gasteiger partial charge is 0.410 e. The molecule has 0 saturated carbocycles. The Balaban J connectivity index is 1.96. The van der Waals surface area contributed by atoms with E-state index in [0.29, 0.717) is 24.8 Å². The molecular weight excluding hydrogens is 282 g/mol. The van der Waals surface area contributed by atoms with Gasteiger partial charge in [0.1, 0.15) is 5.60 Å². The van der Waals surface area contributed by atoms with E-state index in [1.54, 1.807) is 18.1 Å². The van der Waals surface area contributed by atoms with Gasteiger partial charge in [0, 0.05) is 13.1 Å². The summed E-state index contributed by atoms with van der Waals surface area (Å²) in [6, 6.07) is 5.46. The molecule has 2 rings (SSSR count). The molecule has 1 heterocycles. The van der Waals surface area contributed by atoms with Gasteiger partial charge in [-0.05, 0) is 57.2 Å². The summed E-state index contributed by atoms with van der Waals surface area (Å²) in [5.74, 6) is 1.01. The molecule has 0 spiro atoms. The Kier molecular flexibility index (Phi) is 4.84. The summed E-state index contributed by atoms with van der Waals surface area (Å²) in [6.45, 7) is 6.99. The van der Waals surface area contributed by atoms with Gasteiger partial charge in [-0.2, -0.15) is 0 Å². The number of phenolic OH excluding ortho intramolecular Hbond substituents is 1. The van der Waals surface area contributed by atoms with E-state index in [2.05, 4.69) is 0 Å². The molecule has 0 atom stereocenters. The number of amides is 1. The molecule has 5 heteroatoms. The van der Waals surface area contributed by atoms with Crippen molar-refractivity contribution in [1.29, 1.82) is 0 Å². The number of ether oxygens (including phenoxy) is 2. The number of likely N-dealkylation sites (tertiary alicyclic amines) is 1. The Labute approximate surface area is 131 Å². The van der Waals surface area contributed by atoms with E-state index in [-0.39, 0.29) is 11.8 Å². The van der Waals surface area contributed by atoms with E-state index in [4.69, 9.17) is 9.47 Å². The fourth-order valence-corrected chi connectivity index (χ4v) is 2.67. The van der Waals surface area contributed by atoms with Gasteiger partial charge in [0.2, 0.25) is 0 Å². The monoisotopic (exact) mass is 307 g/mol. The Hall–Kier alpha value is -1.91. The zero-order chi connectivity index (χ0) is 16.3. The van der Waals surface area contributed by atoms with Crippen molar-refractivity contribution in [2.24, 2.45) is 0 Å². The lowest BCUT2D eigenvalue weighted by molar-refractivity contribution is 0.0205. The highest BCUT2D eigenvalue weighted by atomic mass is 16.6. The normalized spacial score (nSPS) is 16.5. The summed E-state index contributed by atoms with van der Waals surface area (Å²) in [5, 5.41) is 9.66. The number of carbonyl (C=O) groups excluding carboxylic acids is 1. The van der Waals surface area contributed by atoms with E-state index >= 15 is 0 Å². The molecular formula is C17H25NO4. The third kappa shape index (κ3) is 4.06. The molecule has 1 fully saturated rings. The maximum atomic E-state index is 12.1. The number of rotatable bonds is 2. The molecule has 0 bridgehead atoms. The van der Waals surface area contributed by atoms with Crippen LogP contribution in [-0.4, -0.2) is 41.9 Å². The second-order valence-corrected chi connectivity index (χ2v) is 6.67. The van der Waals surface area contributed by atoms with Gasteiger partial charge in [-0.1, -0.05) is 6.07 Å². The standard InChI is InChI=1S/C17H25NO4/c1-17(2,3)22-16(20)18-9-7-12(8-10-18)13-5-6-14(19)15(11-13)21-4/h5-6,11-12,19H,7-10H2,1-4H3. The molecule has 5 nitrogen and oxygen atoms in total. The lowest BCUT2D eigenvalue weighted by Gasteiger charge is -2.33. The third-order valence-electron chi connectivity index (χ3n) is 3.82. The first kappa shape index (κ1) is 16.5. The van der Waals surface area contributed by atoms with Crippen LogP contribution in [-0.2, 0) is 4.74 Å². The van der Waals surface area contributed by atoms with Gasteiger partial charge in [0.25, 0.3) is 0 Å². The molecule has 0 radical (unpaired) electrons. The summed E-state index contributed by atoms with van der Waals surface area (Å²) in [4.78, 5) is 13.8. The van der Waals surface area contributed by atoms with Crippen LogP contribution in [0.5, 0.6) is 11.5 Å². The van der Waals surface area contributed by atoms with Crippen molar-refractivity contribution in [2.75, 3.05) is 20.2 Å². The molecule has 22 heavy (non-hydrogen) atoms. The highest BCUT2D eigenvalue weighted by molar-refractivity contribution is 5.68. The van der Waals surface area contributed by atoms with Crippen LogP contribution in [0.1, 0.15) is 45.1 Å². The van der Waals surface area contributed by atoms with Crippen LogP contribution < -0.4 is 4.74 Å². The first-order valence-electron chi connectivity index (χ1n) is 7.65. The van der Waals surface area contributed by atoms with E-state index < -0.39 is 5.60 Å². The second kappa shape index (κ2) is 6.46. The number of nitrogens with zero attached hydrogens (tertiary/aromatic N) is 1. The molecule has 1 N–H and O–H groups in total. The lowest BCUT2D eigenvalue weighted by Crippen LogP contribution is -2.41. The lowest BCUT2D eigenvalue weighted by atomic mass is 9.89. The SMILES string of the molecule is COc1cc(C2CCN(C(=O)OC(C)(C)C)CC2)ccc1O. The van der Waals surface area contributed by atoms with Crippen molar-refractivity contribution in [3.63, 3.8) is 0 Å². The highest BCUT2D eigenvalue weighted by Gasteiger charge is 2.27. The summed E-state index contributed by atoms with van der Waals surface area (Å²) in [6.07, 6.45) is 1.52. The molecule has 0 unspecified atom stereocenters. The zero-order valence-electron chi connectivity index (χ0n) is 13.8. The first-order valence-corrected chi connectivity index (χ1v) is 7.65. The first-order chi connectivity index (χ1) is 10.3. The largest absolute Gasteiger partial charge is 0.504 e. The Morgan fingerprint density at radius 1 is 1.27 bits per heavy atom. The molecule has 0 aromatic heterocycles. The van der Waals surface area contributed by atoms with Crippen molar-refractivity contribution in [2.45, 2.75) is 45.1 Å². The average molecular weight is 307 g/mol. The van der Waals surface area contributed by atoms with Gasteiger partial charge in [0.05, 0.1) is 7.11 Å². The number of hydrogen-bond acceptors (Lipinski definition) is 4. The highest BCUT2D eigenvalue weighted by Crippen LogP contribution is 2.34. The Bertz CT molecular complexity index is 528. The summed E-state index contributed by atoms with van der Waals surface area (Å²) < 4.78 is 10.6. The van der Waals surface area contributed by atoms with E-state index in [1.165, 1.54) is 0 Å². The fraction of sp³-hybridized carbons (Fsp3) is 0.588. The van der Waals surface area contributed by atoms with Crippen molar-refractivity contribution in [3.05, 3.63) is 23.8 Å². The number of piperidine rings is 1. The molecule has 1 amide bonds. The maximum Gasteiger partial charge on any atom is 0.410 e. The Morgan fingerprint density at radius 2 is 1.91 bits per heavy atom. The molecule has 0 aliphatic carbocycles. The van der Waals surface area contributed by atoms with Crippen LogP contribution in [0, 0.1) is 0 Å². The minimum absolute atomic E-state index is 0.150. The number of benzene rings is 1. The number of hydrogen-bond donors (Lipinski definition) is 1. The van der Waals surface area contributed by atoms with Gasteiger partial charge in [0.15, 0.2) is 11.5 Å². The van der Waals surface area contributed by atoms with E-state index in [0.717, 1.165) is 18.4 Å². The number of methoxy groups -OCH3 is 1. The predicted molar refractivity (Wildman–Crippen MR) is 84.4 cm³/mol. The molecule has 1 aromatic carbocycles. The molecule has 122 valence electrons. The van der Waals surface area contributed by atoms with Crippen molar-refractivity contribution < 1.29 is 19.4 Å². The van der Waals surface area contributed by atoms with Crippen LogP contribution in [0.2, 0.25) is 0 Å². The summed E-state index contributed by atoms with van der Waals surface area (Å²) >= 11 is 0. The van der Waals surface area contributed by atoms with Crippen molar-refractivity contribution in [1.82, 2.24) is 4.90 Å². The van der Waals surface area contributed by atoms with Gasteiger partial charge < -0.3 is 19.5 Å². The number of aromatic hydroxyl groups is 1. The predicted octanol–water partition coefficient (Wildman–Crippen LogP) is 3.52. The summed E-state index contributed by atoms with van der Waals surface area (Å²) in [7, 11) is 1.55. The number of carbonyl (C=O) groups is 1. The van der Waals surface area contributed by atoms with Crippen LogP contribution >= 0.6 is 0 Å². The van der Waals surface area contributed by atoms with Gasteiger partial charge in [-0.25, -0.2) is 4.79 Å². The van der Waals surface area contributed by atoms with Crippen LogP contribution in [0.25, 0.3) is 0 Å². The van der Waals surface area contributed by atoms with Crippen LogP contribution in [0.15, 0.2) is 18.2 Å². The minimum atomic E-state index is -0.460. The van der Waals surface area contributed by atoms with Gasteiger partial charge in [-0.15, -0.1) is 0 Å². The molecule has 1 aliphatic heterocycles. The van der Waals surface area contributed by atoms with Crippen LogP contribution in [0.4, 0.5) is 4.79 Å². The van der Waals surface area contributed by atoms with Gasteiger partial charge >= 0.3 is 6.09 Å².